The number of ether oxygens (including phenoxy) is 2. The van der Waals surface area contributed by atoms with E-state index in [9.17, 15) is 0 Å². The lowest BCUT2D eigenvalue weighted by Crippen LogP contribution is -2.25. The number of hydrogen-bond donors (Lipinski definition) is 0. The molecule has 0 aliphatic heterocycles. The Bertz CT molecular complexity index is 320. The fraction of sp³-hybridized carbons (Fsp3) is 0.667. The third kappa shape index (κ3) is 4.96. The first-order chi connectivity index (χ1) is 7.16. The van der Waals surface area contributed by atoms with Gasteiger partial charge < -0.3 is 9.47 Å². The normalized spacial score (nSPS) is 12.4. The summed E-state index contributed by atoms with van der Waals surface area (Å²) >= 11 is 0. The van der Waals surface area contributed by atoms with E-state index in [0.29, 0.717) is 11.8 Å². The summed E-state index contributed by atoms with van der Waals surface area (Å²) in [6, 6.07) is 0. The molecule has 1 aromatic rings. The van der Waals surface area contributed by atoms with E-state index < -0.39 is 0 Å². The van der Waals surface area contributed by atoms with E-state index in [1.165, 1.54) is 0 Å². The van der Waals surface area contributed by atoms with Crippen molar-refractivity contribution >= 4 is 0 Å². The molecular formula is C12H20N2O2. The average Bonchev–Trinajstić information content (AvgIpc) is 1.96. The molecule has 1 rings (SSSR count). The molecule has 0 atom stereocenters. The summed E-state index contributed by atoms with van der Waals surface area (Å²) in [7, 11) is 0. The molecule has 0 fully saturated rings. The second-order valence-corrected chi connectivity index (χ2v) is 5.62. The summed E-state index contributed by atoms with van der Waals surface area (Å²) in [5.41, 5.74) is -0.565. The monoisotopic (exact) mass is 224 g/mol. The van der Waals surface area contributed by atoms with Crippen molar-refractivity contribution in [3.05, 3.63) is 12.4 Å². The summed E-state index contributed by atoms with van der Waals surface area (Å²) in [6.07, 6.45) is 3.17. The van der Waals surface area contributed by atoms with Crippen molar-refractivity contribution in [3.8, 4) is 11.8 Å². The molecule has 0 radical (unpaired) electrons. The zero-order valence-electron chi connectivity index (χ0n) is 10.9. The van der Waals surface area contributed by atoms with E-state index in [1.807, 2.05) is 41.5 Å². The first-order valence-corrected chi connectivity index (χ1v) is 5.36. The minimum Gasteiger partial charge on any atom is -0.471 e. The van der Waals surface area contributed by atoms with Gasteiger partial charge in [-0.15, -0.1) is 0 Å². The van der Waals surface area contributed by atoms with Gasteiger partial charge in [-0.1, -0.05) is 0 Å². The topological polar surface area (TPSA) is 44.2 Å². The lowest BCUT2D eigenvalue weighted by atomic mass is 10.2. The third-order valence-corrected chi connectivity index (χ3v) is 1.41. The predicted molar refractivity (Wildman–Crippen MR) is 62.8 cm³/mol. The summed E-state index contributed by atoms with van der Waals surface area (Å²) in [6.45, 7) is 11.8. The molecule has 90 valence electrons. The van der Waals surface area contributed by atoms with Gasteiger partial charge in [-0.05, 0) is 41.5 Å². The van der Waals surface area contributed by atoms with Crippen molar-refractivity contribution < 1.29 is 9.47 Å². The SMILES string of the molecule is CC(C)(C)Oc1cncc(OC(C)(C)C)n1. The fourth-order valence-electron chi connectivity index (χ4n) is 1.06. The first-order valence-electron chi connectivity index (χ1n) is 5.36. The Kier molecular flexibility index (Phi) is 3.41. The minimum atomic E-state index is -0.283. The Morgan fingerprint density at radius 1 is 0.812 bits per heavy atom. The van der Waals surface area contributed by atoms with Crippen molar-refractivity contribution in [3.63, 3.8) is 0 Å². The average molecular weight is 224 g/mol. The largest absolute Gasteiger partial charge is 0.471 e. The molecular weight excluding hydrogens is 204 g/mol. The van der Waals surface area contributed by atoms with Crippen LogP contribution in [0, 0.1) is 0 Å². The molecule has 0 aromatic carbocycles. The van der Waals surface area contributed by atoms with Crippen molar-refractivity contribution in [2.75, 3.05) is 0 Å². The zero-order chi connectivity index (χ0) is 12.4. The van der Waals surface area contributed by atoms with Crippen LogP contribution in [0.15, 0.2) is 12.4 Å². The van der Waals surface area contributed by atoms with Gasteiger partial charge >= 0.3 is 0 Å². The van der Waals surface area contributed by atoms with Gasteiger partial charge in [0.2, 0.25) is 11.8 Å². The van der Waals surface area contributed by atoms with Crippen LogP contribution in [0.3, 0.4) is 0 Å². The van der Waals surface area contributed by atoms with Crippen LogP contribution < -0.4 is 9.47 Å². The maximum atomic E-state index is 5.60. The van der Waals surface area contributed by atoms with Crippen LogP contribution in [0.5, 0.6) is 11.8 Å². The quantitative estimate of drug-likeness (QED) is 0.774. The van der Waals surface area contributed by atoms with Crippen LogP contribution in [-0.2, 0) is 0 Å². The van der Waals surface area contributed by atoms with Gasteiger partial charge in [0.15, 0.2) is 0 Å². The summed E-state index contributed by atoms with van der Waals surface area (Å²) < 4.78 is 11.2. The standard InChI is InChI=1S/C12H20N2O2/c1-11(2,3)15-9-7-13-8-10(14-9)16-12(4,5)6/h7-8H,1-6H3. The Labute approximate surface area is 97.0 Å². The molecule has 0 aliphatic carbocycles. The van der Waals surface area contributed by atoms with Crippen molar-refractivity contribution in [1.82, 2.24) is 9.97 Å². The summed E-state index contributed by atoms with van der Waals surface area (Å²) in [5, 5.41) is 0. The van der Waals surface area contributed by atoms with Crippen molar-refractivity contribution in [1.29, 1.82) is 0 Å². The van der Waals surface area contributed by atoms with Gasteiger partial charge in [0.1, 0.15) is 11.2 Å². The molecule has 0 saturated heterocycles. The highest BCUT2D eigenvalue weighted by molar-refractivity contribution is 5.14. The fourth-order valence-corrected chi connectivity index (χ4v) is 1.06. The molecule has 1 aromatic heterocycles. The lowest BCUT2D eigenvalue weighted by Gasteiger charge is -2.22. The minimum absolute atomic E-state index is 0.283. The molecule has 0 amide bonds. The van der Waals surface area contributed by atoms with E-state index in [0.717, 1.165) is 0 Å². The molecule has 0 unspecified atom stereocenters. The first kappa shape index (κ1) is 12.7. The maximum absolute atomic E-state index is 5.60. The van der Waals surface area contributed by atoms with Crippen LogP contribution in [0.25, 0.3) is 0 Å². The predicted octanol–water partition coefficient (Wildman–Crippen LogP) is 2.83. The van der Waals surface area contributed by atoms with Crippen LogP contribution in [0.4, 0.5) is 0 Å². The second-order valence-electron chi connectivity index (χ2n) is 5.62. The summed E-state index contributed by atoms with van der Waals surface area (Å²) in [5.74, 6) is 0.962. The number of rotatable bonds is 2. The van der Waals surface area contributed by atoms with Gasteiger partial charge in [-0.3, -0.25) is 4.98 Å². The second kappa shape index (κ2) is 4.28. The van der Waals surface area contributed by atoms with E-state index in [4.69, 9.17) is 9.47 Å². The molecule has 0 aliphatic rings. The molecule has 16 heavy (non-hydrogen) atoms. The van der Waals surface area contributed by atoms with Crippen LogP contribution >= 0.6 is 0 Å². The Hall–Kier alpha value is -1.32. The molecule has 4 heteroatoms. The molecule has 1 heterocycles. The van der Waals surface area contributed by atoms with E-state index >= 15 is 0 Å². The highest BCUT2D eigenvalue weighted by atomic mass is 16.5. The van der Waals surface area contributed by atoms with E-state index in [-0.39, 0.29) is 11.2 Å². The molecule has 0 saturated carbocycles. The van der Waals surface area contributed by atoms with Gasteiger partial charge in [-0.2, -0.15) is 4.98 Å². The van der Waals surface area contributed by atoms with Crippen LogP contribution in [0.2, 0.25) is 0 Å². The van der Waals surface area contributed by atoms with Gasteiger partial charge in [0, 0.05) is 0 Å². The zero-order valence-corrected chi connectivity index (χ0v) is 10.9. The molecule has 4 nitrogen and oxygen atoms in total. The third-order valence-electron chi connectivity index (χ3n) is 1.41. The smallest absolute Gasteiger partial charge is 0.236 e. The Balaban J connectivity index is 2.79. The number of nitrogens with zero attached hydrogens (tertiary/aromatic N) is 2. The highest BCUT2D eigenvalue weighted by Gasteiger charge is 2.16. The van der Waals surface area contributed by atoms with Crippen molar-refractivity contribution in [2.24, 2.45) is 0 Å². The maximum Gasteiger partial charge on any atom is 0.236 e. The van der Waals surface area contributed by atoms with E-state index in [2.05, 4.69) is 9.97 Å². The number of aromatic nitrogens is 2. The Morgan fingerprint density at radius 3 is 1.50 bits per heavy atom. The Morgan fingerprint density at radius 2 is 1.19 bits per heavy atom. The van der Waals surface area contributed by atoms with E-state index in [1.54, 1.807) is 12.4 Å². The van der Waals surface area contributed by atoms with Gasteiger partial charge in [0.05, 0.1) is 12.4 Å². The van der Waals surface area contributed by atoms with Crippen molar-refractivity contribution in [2.45, 2.75) is 52.7 Å². The van der Waals surface area contributed by atoms with Gasteiger partial charge in [-0.25, -0.2) is 0 Å². The lowest BCUT2D eigenvalue weighted by molar-refractivity contribution is 0.107. The summed E-state index contributed by atoms with van der Waals surface area (Å²) in [4.78, 5) is 8.28. The highest BCUT2D eigenvalue weighted by Crippen LogP contribution is 2.19. The van der Waals surface area contributed by atoms with Crippen LogP contribution in [-0.4, -0.2) is 21.2 Å². The molecule has 0 bridgehead atoms. The molecule has 0 spiro atoms. The number of hydrogen-bond acceptors (Lipinski definition) is 4. The molecule has 0 N–H and O–H groups in total. The van der Waals surface area contributed by atoms with Crippen LogP contribution in [0.1, 0.15) is 41.5 Å². The van der Waals surface area contributed by atoms with Gasteiger partial charge in [0.25, 0.3) is 0 Å².